The summed E-state index contributed by atoms with van der Waals surface area (Å²) in [5.74, 6) is -0.602. The van der Waals surface area contributed by atoms with Crippen LogP contribution in [-0.4, -0.2) is 46.1 Å². The molecule has 1 saturated heterocycles. The molecule has 1 aromatic heterocycles. The minimum atomic E-state index is -0.483. The average Bonchev–Trinajstić information content (AvgIpc) is 2.91. The Hall–Kier alpha value is -1.50. The second-order valence-corrected chi connectivity index (χ2v) is 4.43. The van der Waals surface area contributed by atoms with Crippen LogP contribution in [0.4, 0.5) is 0 Å². The smallest absolute Gasteiger partial charge is 0.328 e. The summed E-state index contributed by atoms with van der Waals surface area (Å²) in [4.78, 5) is 25.2. The summed E-state index contributed by atoms with van der Waals surface area (Å²) < 4.78 is 8.38. The molecule has 0 N–H and O–H groups in total. The number of esters is 1. The number of carbonyl (C=O) groups excluding carboxylic acids is 2. The third-order valence-electron chi connectivity index (χ3n) is 2.82. The standard InChI is InChI=1S/C10H13N3O3S/c1-16-10(15)8-4-2-3-5-13(8)9(14)7-6-17-12-11-7/h6,8H,2-5H2,1H3/t8-/m1/s1. The number of aromatic nitrogens is 2. The van der Waals surface area contributed by atoms with E-state index in [1.165, 1.54) is 12.0 Å². The molecule has 1 fully saturated rings. The predicted octanol–water partition coefficient (Wildman–Crippen LogP) is 0.706. The fraction of sp³-hybridized carbons (Fsp3) is 0.600. The first-order valence-electron chi connectivity index (χ1n) is 5.40. The number of hydrogen-bond donors (Lipinski definition) is 0. The van der Waals surface area contributed by atoms with Crippen molar-refractivity contribution in [2.45, 2.75) is 25.3 Å². The number of piperidine rings is 1. The Morgan fingerprint density at radius 3 is 3.00 bits per heavy atom. The van der Waals surface area contributed by atoms with E-state index < -0.39 is 6.04 Å². The van der Waals surface area contributed by atoms with Gasteiger partial charge in [-0.15, -0.1) is 5.10 Å². The Morgan fingerprint density at radius 1 is 1.53 bits per heavy atom. The van der Waals surface area contributed by atoms with Gasteiger partial charge in [0.15, 0.2) is 5.69 Å². The highest BCUT2D eigenvalue weighted by Gasteiger charge is 2.34. The Labute approximate surface area is 103 Å². The summed E-state index contributed by atoms with van der Waals surface area (Å²) >= 11 is 1.12. The first kappa shape index (κ1) is 12.0. The van der Waals surface area contributed by atoms with E-state index in [0.29, 0.717) is 18.7 Å². The molecular formula is C10H13N3O3S. The van der Waals surface area contributed by atoms with Crippen molar-refractivity contribution in [1.82, 2.24) is 14.5 Å². The summed E-state index contributed by atoms with van der Waals surface area (Å²) in [5.41, 5.74) is 0.297. The van der Waals surface area contributed by atoms with Gasteiger partial charge in [-0.2, -0.15) is 0 Å². The second kappa shape index (κ2) is 5.22. The Kier molecular flexibility index (Phi) is 3.68. The fourth-order valence-corrected chi connectivity index (χ4v) is 2.39. The highest BCUT2D eigenvalue weighted by atomic mass is 32.1. The zero-order valence-corrected chi connectivity index (χ0v) is 10.3. The summed E-state index contributed by atoms with van der Waals surface area (Å²) in [6, 6.07) is -0.483. The molecule has 1 aliphatic rings. The van der Waals surface area contributed by atoms with Crippen molar-refractivity contribution in [2.24, 2.45) is 0 Å². The SMILES string of the molecule is COC(=O)[C@H]1CCCCN1C(=O)c1csnn1. The second-order valence-electron chi connectivity index (χ2n) is 3.82. The van der Waals surface area contributed by atoms with Gasteiger partial charge in [-0.05, 0) is 30.8 Å². The number of hydrogen-bond acceptors (Lipinski definition) is 6. The van der Waals surface area contributed by atoms with Gasteiger partial charge < -0.3 is 9.64 Å². The van der Waals surface area contributed by atoms with Crippen molar-refractivity contribution in [1.29, 1.82) is 0 Å². The van der Waals surface area contributed by atoms with Gasteiger partial charge in [-0.1, -0.05) is 4.49 Å². The van der Waals surface area contributed by atoms with Crippen molar-refractivity contribution in [3.05, 3.63) is 11.1 Å². The summed E-state index contributed by atoms with van der Waals surface area (Å²) in [7, 11) is 1.34. The molecule has 1 aliphatic heterocycles. The van der Waals surface area contributed by atoms with Crippen molar-refractivity contribution >= 4 is 23.4 Å². The normalized spacial score (nSPS) is 20.1. The van der Waals surface area contributed by atoms with Crippen LogP contribution >= 0.6 is 11.5 Å². The van der Waals surface area contributed by atoms with Gasteiger partial charge in [-0.25, -0.2) is 4.79 Å². The number of likely N-dealkylation sites (tertiary alicyclic amines) is 1. The van der Waals surface area contributed by atoms with E-state index >= 15 is 0 Å². The number of amides is 1. The molecule has 0 unspecified atom stereocenters. The topological polar surface area (TPSA) is 72.4 Å². The maximum Gasteiger partial charge on any atom is 0.328 e. The zero-order chi connectivity index (χ0) is 12.3. The quantitative estimate of drug-likeness (QED) is 0.728. The largest absolute Gasteiger partial charge is 0.467 e. The van der Waals surface area contributed by atoms with Gasteiger partial charge in [0, 0.05) is 11.9 Å². The van der Waals surface area contributed by atoms with E-state index in [-0.39, 0.29) is 11.9 Å². The van der Waals surface area contributed by atoms with E-state index in [4.69, 9.17) is 4.74 Å². The molecule has 1 atom stereocenters. The van der Waals surface area contributed by atoms with E-state index in [0.717, 1.165) is 24.4 Å². The van der Waals surface area contributed by atoms with Crippen molar-refractivity contribution < 1.29 is 14.3 Å². The van der Waals surface area contributed by atoms with Crippen molar-refractivity contribution in [2.75, 3.05) is 13.7 Å². The Bertz CT molecular complexity index is 407. The molecule has 1 aromatic rings. The van der Waals surface area contributed by atoms with E-state index in [2.05, 4.69) is 9.59 Å². The number of ether oxygens (including phenoxy) is 1. The summed E-state index contributed by atoms with van der Waals surface area (Å²) in [5, 5.41) is 5.32. The molecular weight excluding hydrogens is 242 g/mol. The maximum atomic E-state index is 12.1. The number of methoxy groups -OCH3 is 1. The minimum absolute atomic E-state index is 0.242. The van der Waals surface area contributed by atoms with E-state index in [1.54, 1.807) is 5.38 Å². The van der Waals surface area contributed by atoms with Crippen LogP contribution in [0.2, 0.25) is 0 Å². The molecule has 0 saturated carbocycles. The molecule has 0 radical (unpaired) electrons. The average molecular weight is 255 g/mol. The monoisotopic (exact) mass is 255 g/mol. The third kappa shape index (κ3) is 2.44. The van der Waals surface area contributed by atoms with Gasteiger partial charge in [0.05, 0.1) is 7.11 Å². The molecule has 2 rings (SSSR count). The lowest BCUT2D eigenvalue weighted by molar-refractivity contribution is -0.147. The van der Waals surface area contributed by atoms with E-state index in [1.807, 2.05) is 0 Å². The molecule has 0 aromatic carbocycles. The van der Waals surface area contributed by atoms with Gasteiger partial charge in [0.1, 0.15) is 6.04 Å². The minimum Gasteiger partial charge on any atom is -0.467 e. The Morgan fingerprint density at radius 2 is 2.35 bits per heavy atom. The summed E-state index contributed by atoms with van der Waals surface area (Å²) in [6.45, 7) is 0.566. The molecule has 0 bridgehead atoms. The first-order chi connectivity index (χ1) is 8.24. The third-order valence-corrected chi connectivity index (χ3v) is 3.32. The zero-order valence-electron chi connectivity index (χ0n) is 9.46. The lowest BCUT2D eigenvalue weighted by Gasteiger charge is -2.33. The van der Waals surface area contributed by atoms with Gasteiger partial charge in [-0.3, -0.25) is 4.79 Å². The molecule has 92 valence electrons. The Balaban J connectivity index is 2.16. The lowest BCUT2D eigenvalue weighted by atomic mass is 10.0. The van der Waals surface area contributed by atoms with E-state index in [9.17, 15) is 9.59 Å². The van der Waals surface area contributed by atoms with Crippen molar-refractivity contribution in [3.8, 4) is 0 Å². The number of carbonyl (C=O) groups is 2. The van der Waals surface area contributed by atoms with Crippen LogP contribution in [0.25, 0.3) is 0 Å². The number of rotatable bonds is 2. The fourth-order valence-electron chi connectivity index (χ4n) is 1.96. The van der Waals surface area contributed by atoms with Crippen LogP contribution < -0.4 is 0 Å². The highest BCUT2D eigenvalue weighted by molar-refractivity contribution is 7.03. The van der Waals surface area contributed by atoms with Crippen molar-refractivity contribution in [3.63, 3.8) is 0 Å². The van der Waals surface area contributed by atoms with Crippen LogP contribution in [0.3, 0.4) is 0 Å². The van der Waals surface area contributed by atoms with Crippen LogP contribution in [0, 0.1) is 0 Å². The predicted molar refractivity (Wildman–Crippen MR) is 60.6 cm³/mol. The van der Waals surface area contributed by atoms with Crippen LogP contribution in [-0.2, 0) is 9.53 Å². The molecule has 2 heterocycles. The molecule has 1 amide bonds. The van der Waals surface area contributed by atoms with Gasteiger partial charge in [0.25, 0.3) is 5.91 Å². The highest BCUT2D eigenvalue weighted by Crippen LogP contribution is 2.20. The molecule has 0 spiro atoms. The molecule has 0 aliphatic carbocycles. The summed E-state index contributed by atoms with van der Waals surface area (Å²) in [6.07, 6.45) is 2.48. The van der Waals surface area contributed by atoms with Gasteiger partial charge >= 0.3 is 5.97 Å². The van der Waals surface area contributed by atoms with Gasteiger partial charge in [0.2, 0.25) is 0 Å². The molecule has 7 heteroatoms. The van der Waals surface area contributed by atoms with Crippen LogP contribution in [0.15, 0.2) is 5.38 Å². The molecule has 6 nitrogen and oxygen atoms in total. The first-order valence-corrected chi connectivity index (χ1v) is 6.23. The molecule has 17 heavy (non-hydrogen) atoms. The number of nitrogens with zero attached hydrogens (tertiary/aromatic N) is 3. The van der Waals surface area contributed by atoms with Crippen LogP contribution in [0.1, 0.15) is 29.8 Å². The maximum absolute atomic E-state index is 12.1. The van der Waals surface area contributed by atoms with Crippen LogP contribution in [0.5, 0.6) is 0 Å². The lowest BCUT2D eigenvalue weighted by Crippen LogP contribution is -2.48.